The molecule has 0 bridgehead atoms. The maximum Gasteiger partial charge on any atom is 0.351 e. The molecule has 0 radical (unpaired) electrons. The van der Waals surface area contributed by atoms with Crippen molar-refractivity contribution < 1.29 is 19.0 Å². The smallest absolute Gasteiger partial charge is 0.351 e. The number of aromatic hydroxyl groups is 1. The highest BCUT2D eigenvalue weighted by atomic mass is 32.1. The minimum absolute atomic E-state index is 0.0464. The van der Waals surface area contributed by atoms with E-state index in [9.17, 15) is 9.18 Å². The van der Waals surface area contributed by atoms with Crippen molar-refractivity contribution in [1.82, 2.24) is 0 Å². The van der Waals surface area contributed by atoms with Gasteiger partial charge in [-0.15, -0.1) is 11.3 Å². The lowest BCUT2D eigenvalue weighted by Gasteiger charge is -1.93. The van der Waals surface area contributed by atoms with Gasteiger partial charge in [-0.3, -0.25) is 0 Å². The number of hydrogen-bond acceptors (Lipinski definition) is 4. The van der Waals surface area contributed by atoms with Crippen LogP contribution in [-0.2, 0) is 11.4 Å². The number of carbonyl (C=O) groups is 1. The number of carbonyl (C=O) groups excluding carboxylic acids is 1. The minimum atomic E-state index is -0.685. The number of esters is 1. The summed E-state index contributed by atoms with van der Waals surface area (Å²) < 4.78 is 16.4. The monoisotopic (exact) mass is 190 g/mol. The van der Waals surface area contributed by atoms with E-state index in [-0.39, 0.29) is 10.6 Å². The molecule has 0 atom stereocenters. The molecule has 0 saturated carbocycles. The summed E-state index contributed by atoms with van der Waals surface area (Å²) in [7, 11) is 1.20. The molecule has 0 aliphatic rings. The number of thiophene rings is 1. The molecule has 5 heteroatoms. The first kappa shape index (κ1) is 8.99. The highest BCUT2D eigenvalue weighted by molar-refractivity contribution is 7.14. The first-order chi connectivity index (χ1) is 5.69. The van der Waals surface area contributed by atoms with E-state index < -0.39 is 12.6 Å². The van der Waals surface area contributed by atoms with Crippen LogP contribution < -0.4 is 0 Å². The van der Waals surface area contributed by atoms with Crippen LogP contribution in [0.2, 0.25) is 0 Å². The average molecular weight is 190 g/mol. The molecule has 1 aromatic heterocycles. The molecule has 1 heterocycles. The third kappa shape index (κ3) is 1.55. The van der Waals surface area contributed by atoms with Crippen LogP contribution in [0.3, 0.4) is 0 Å². The summed E-state index contributed by atoms with van der Waals surface area (Å²) in [6.45, 7) is -0.685. The molecule has 0 spiro atoms. The summed E-state index contributed by atoms with van der Waals surface area (Å²) in [5.74, 6) is -0.864. The van der Waals surface area contributed by atoms with Crippen LogP contribution in [0.1, 0.15) is 14.5 Å². The van der Waals surface area contributed by atoms with Crippen LogP contribution in [0, 0.1) is 0 Å². The fourth-order valence-electron chi connectivity index (χ4n) is 0.736. The normalized spacial score (nSPS) is 9.83. The first-order valence-corrected chi connectivity index (χ1v) is 3.96. The van der Waals surface area contributed by atoms with Crippen molar-refractivity contribution >= 4 is 17.3 Å². The van der Waals surface area contributed by atoms with Gasteiger partial charge in [-0.05, 0) is 6.07 Å². The quantitative estimate of drug-likeness (QED) is 0.722. The van der Waals surface area contributed by atoms with Gasteiger partial charge >= 0.3 is 5.97 Å². The lowest BCUT2D eigenvalue weighted by Crippen LogP contribution is -1.97. The minimum Gasteiger partial charge on any atom is -0.506 e. The largest absolute Gasteiger partial charge is 0.506 e. The van der Waals surface area contributed by atoms with Crippen molar-refractivity contribution in [3.05, 3.63) is 15.8 Å². The van der Waals surface area contributed by atoms with E-state index in [0.29, 0.717) is 4.88 Å². The fraction of sp³-hybridized carbons (Fsp3) is 0.286. The predicted molar refractivity (Wildman–Crippen MR) is 42.1 cm³/mol. The molecule has 1 aromatic rings. The highest BCUT2D eigenvalue weighted by Crippen LogP contribution is 2.29. The summed E-state index contributed by atoms with van der Waals surface area (Å²) in [6, 6.07) is 1.22. The van der Waals surface area contributed by atoms with Crippen molar-refractivity contribution in [3.8, 4) is 5.75 Å². The van der Waals surface area contributed by atoms with Crippen LogP contribution in [0.25, 0.3) is 0 Å². The summed E-state index contributed by atoms with van der Waals surface area (Å²) in [4.78, 5) is 11.2. The van der Waals surface area contributed by atoms with Gasteiger partial charge < -0.3 is 9.84 Å². The van der Waals surface area contributed by atoms with Gasteiger partial charge in [0.2, 0.25) is 0 Å². The van der Waals surface area contributed by atoms with Gasteiger partial charge in [0.25, 0.3) is 0 Å². The number of halogens is 1. The average Bonchev–Trinajstić information content (AvgIpc) is 2.45. The van der Waals surface area contributed by atoms with Crippen molar-refractivity contribution in [1.29, 1.82) is 0 Å². The second kappa shape index (κ2) is 3.53. The molecule has 66 valence electrons. The number of rotatable bonds is 2. The first-order valence-electron chi connectivity index (χ1n) is 3.15. The molecular weight excluding hydrogens is 183 g/mol. The summed E-state index contributed by atoms with van der Waals surface area (Å²) >= 11 is 0.893. The van der Waals surface area contributed by atoms with Gasteiger partial charge in [0, 0.05) is 4.88 Å². The van der Waals surface area contributed by atoms with Crippen molar-refractivity contribution in [3.63, 3.8) is 0 Å². The van der Waals surface area contributed by atoms with Gasteiger partial charge in [-0.25, -0.2) is 9.18 Å². The Labute approximate surface area is 72.4 Å². The molecule has 1 rings (SSSR count). The fourth-order valence-corrected chi connectivity index (χ4v) is 1.55. The molecule has 0 amide bonds. The topological polar surface area (TPSA) is 46.5 Å². The maximum atomic E-state index is 12.0. The summed E-state index contributed by atoms with van der Waals surface area (Å²) in [5, 5.41) is 9.11. The van der Waals surface area contributed by atoms with Crippen molar-refractivity contribution in [2.24, 2.45) is 0 Å². The van der Waals surface area contributed by atoms with Gasteiger partial charge in [-0.1, -0.05) is 0 Å². The zero-order valence-corrected chi connectivity index (χ0v) is 7.15. The Morgan fingerprint density at radius 2 is 2.50 bits per heavy atom. The molecule has 12 heavy (non-hydrogen) atoms. The Morgan fingerprint density at radius 3 is 2.92 bits per heavy atom. The van der Waals surface area contributed by atoms with E-state index in [1.165, 1.54) is 13.2 Å². The van der Waals surface area contributed by atoms with Crippen LogP contribution in [0.4, 0.5) is 4.39 Å². The van der Waals surface area contributed by atoms with Crippen molar-refractivity contribution in [2.75, 3.05) is 7.11 Å². The second-order valence-corrected chi connectivity index (χ2v) is 3.19. The van der Waals surface area contributed by atoms with Crippen LogP contribution in [-0.4, -0.2) is 18.2 Å². The Kier molecular flexibility index (Phi) is 2.65. The molecule has 0 fully saturated rings. The number of methoxy groups -OCH3 is 1. The summed E-state index contributed by atoms with van der Waals surface area (Å²) in [5.41, 5.74) is 0. The van der Waals surface area contributed by atoms with E-state index in [1.807, 2.05) is 0 Å². The molecule has 3 nitrogen and oxygen atoms in total. The zero-order valence-electron chi connectivity index (χ0n) is 6.33. The SMILES string of the molecule is COC(=O)c1sc(CF)cc1O. The molecule has 1 N–H and O–H groups in total. The third-order valence-electron chi connectivity index (χ3n) is 1.27. The lowest BCUT2D eigenvalue weighted by molar-refractivity contribution is 0.0603. The van der Waals surface area contributed by atoms with E-state index >= 15 is 0 Å². The number of alkyl halides is 1. The Bertz CT molecular complexity index is 295. The Balaban J connectivity index is 2.99. The number of ether oxygens (including phenoxy) is 1. The van der Waals surface area contributed by atoms with Gasteiger partial charge in [-0.2, -0.15) is 0 Å². The standard InChI is InChI=1S/C7H7FO3S/c1-11-7(10)6-5(9)2-4(3-8)12-6/h2,9H,3H2,1H3. The lowest BCUT2D eigenvalue weighted by atomic mass is 10.4. The van der Waals surface area contributed by atoms with Gasteiger partial charge in [0.05, 0.1) is 7.11 Å². The van der Waals surface area contributed by atoms with Crippen LogP contribution in [0.5, 0.6) is 5.75 Å². The van der Waals surface area contributed by atoms with Crippen LogP contribution in [0.15, 0.2) is 6.07 Å². The van der Waals surface area contributed by atoms with Crippen molar-refractivity contribution in [2.45, 2.75) is 6.67 Å². The number of hydrogen-bond donors (Lipinski definition) is 1. The molecule has 0 aliphatic heterocycles. The molecule has 0 aliphatic carbocycles. The third-order valence-corrected chi connectivity index (χ3v) is 2.34. The molecule has 0 aromatic carbocycles. The maximum absolute atomic E-state index is 12.0. The second-order valence-electron chi connectivity index (χ2n) is 2.05. The van der Waals surface area contributed by atoms with Gasteiger partial charge in [0.1, 0.15) is 12.4 Å². The summed E-state index contributed by atoms with van der Waals surface area (Å²) in [6.07, 6.45) is 0. The van der Waals surface area contributed by atoms with E-state index in [4.69, 9.17) is 5.11 Å². The van der Waals surface area contributed by atoms with E-state index in [2.05, 4.69) is 4.74 Å². The Morgan fingerprint density at radius 1 is 1.83 bits per heavy atom. The van der Waals surface area contributed by atoms with E-state index in [0.717, 1.165) is 11.3 Å². The van der Waals surface area contributed by atoms with E-state index in [1.54, 1.807) is 0 Å². The molecule has 0 unspecified atom stereocenters. The predicted octanol–water partition coefficient (Wildman–Crippen LogP) is 1.71. The Hall–Kier alpha value is -1.10. The van der Waals surface area contributed by atoms with Crippen LogP contribution >= 0.6 is 11.3 Å². The zero-order chi connectivity index (χ0) is 9.14. The van der Waals surface area contributed by atoms with Gasteiger partial charge in [0.15, 0.2) is 4.88 Å². The molecular formula is C7H7FO3S. The highest BCUT2D eigenvalue weighted by Gasteiger charge is 2.15. The molecule has 0 saturated heterocycles.